The molecule has 8 heteroatoms. The fourth-order valence-electron chi connectivity index (χ4n) is 2.20. The number of aliphatic hydroxyl groups is 1. The first-order valence-electron chi connectivity index (χ1n) is 6.76. The summed E-state index contributed by atoms with van der Waals surface area (Å²) in [6, 6.07) is 0. The molecule has 0 aliphatic carbocycles. The lowest BCUT2D eigenvalue weighted by molar-refractivity contribution is -0.0932. The summed E-state index contributed by atoms with van der Waals surface area (Å²) in [4.78, 5) is 0.0248. The van der Waals surface area contributed by atoms with Gasteiger partial charge in [0.25, 0.3) is 0 Å². The van der Waals surface area contributed by atoms with Gasteiger partial charge >= 0.3 is 0 Å². The second-order valence-corrected chi connectivity index (χ2v) is 7.58. The quantitative estimate of drug-likeness (QED) is 0.813. The molecule has 1 aliphatic heterocycles. The van der Waals surface area contributed by atoms with Crippen LogP contribution in [0.3, 0.4) is 0 Å². The summed E-state index contributed by atoms with van der Waals surface area (Å²) >= 11 is 0. The highest BCUT2D eigenvalue weighted by molar-refractivity contribution is 7.89. The first-order chi connectivity index (χ1) is 9.20. The van der Waals surface area contributed by atoms with Crippen LogP contribution in [0, 0.1) is 5.92 Å². The lowest BCUT2D eigenvalue weighted by Gasteiger charge is -2.47. The highest BCUT2D eigenvalue weighted by Crippen LogP contribution is 2.34. The Morgan fingerprint density at radius 2 is 2.10 bits per heavy atom. The molecule has 0 spiro atoms. The molecule has 0 aromatic carbocycles. The maximum absolute atomic E-state index is 12.4. The predicted molar refractivity (Wildman–Crippen MR) is 75.5 cm³/mol. The van der Waals surface area contributed by atoms with Crippen LogP contribution in [-0.2, 0) is 16.6 Å². The number of sulfonamides is 1. The number of hydrogen-bond donors (Lipinski definition) is 2. The highest BCUT2D eigenvalue weighted by Gasteiger charge is 2.49. The van der Waals surface area contributed by atoms with Crippen LogP contribution in [0.5, 0.6) is 0 Å². The Bertz CT molecular complexity index is 588. The Morgan fingerprint density at radius 3 is 2.60 bits per heavy atom. The standard InChI is InChI=1S/C12H22N4O3S/c1-4-5-15-6-10(11(13)14-15)20(18,19)16-7-12(17,8-16)9(2)3/h6,9,17H,4-5,7-8H2,1-3H3,(H2,13,14). The van der Waals surface area contributed by atoms with Gasteiger partial charge in [0.05, 0.1) is 5.60 Å². The number of nitrogen functional groups attached to an aromatic ring is 1. The number of nitrogens with zero attached hydrogens (tertiary/aromatic N) is 3. The van der Waals surface area contributed by atoms with Gasteiger partial charge < -0.3 is 10.8 Å². The predicted octanol–water partition coefficient (Wildman–Crippen LogP) is 0.267. The van der Waals surface area contributed by atoms with Gasteiger partial charge in [-0.3, -0.25) is 4.68 Å². The molecular formula is C12H22N4O3S. The van der Waals surface area contributed by atoms with Crippen molar-refractivity contribution in [3.8, 4) is 0 Å². The first kappa shape index (κ1) is 15.3. The molecule has 0 radical (unpaired) electrons. The molecule has 3 N–H and O–H groups in total. The van der Waals surface area contributed by atoms with E-state index in [1.807, 2.05) is 20.8 Å². The summed E-state index contributed by atoms with van der Waals surface area (Å²) in [7, 11) is -3.67. The van der Waals surface area contributed by atoms with Crippen molar-refractivity contribution in [1.82, 2.24) is 14.1 Å². The molecule has 1 saturated heterocycles. The zero-order valence-electron chi connectivity index (χ0n) is 12.1. The van der Waals surface area contributed by atoms with E-state index in [9.17, 15) is 13.5 Å². The van der Waals surface area contributed by atoms with Crippen LogP contribution < -0.4 is 5.73 Å². The molecule has 20 heavy (non-hydrogen) atoms. The normalized spacial score (nSPS) is 19.2. The van der Waals surface area contributed by atoms with Crippen molar-refractivity contribution in [2.45, 2.75) is 44.2 Å². The van der Waals surface area contributed by atoms with Gasteiger partial charge in [0.2, 0.25) is 10.0 Å². The zero-order chi connectivity index (χ0) is 15.1. The van der Waals surface area contributed by atoms with Crippen molar-refractivity contribution in [3.63, 3.8) is 0 Å². The lowest BCUT2D eigenvalue weighted by atomic mass is 9.85. The molecule has 2 heterocycles. The minimum Gasteiger partial charge on any atom is -0.387 e. The molecule has 7 nitrogen and oxygen atoms in total. The largest absolute Gasteiger partial charge is 0.387 e. The first-order valence-corrected chi connectivity index (χ1v) is 8.20. The maximum Gasteiger partial charge on any atom is 0.248 e. The van der Waals surface area contributed by atoms with Crippen molar-refractivity contribution >= 4 is 15.8 Å². The zero-order valence-corrected chi connectivity index (χ0v) is 12.9. The van der Waals surface area contributed by atoms with E-state index in [0.717, 1.165) is 6.42 Å². The van der Waals surface area contributed by atoms with Gasteiger partial charge in [-0.25, -0.2) is 8.42 Å². The number of nitrogens with two attached hydrogens (primary N) is 1. The van der Waals surface area contributed by atoms with Gasteiger partial charge in [-0.15, -0.1) is 0 Å². The minimum absolute atomic E-state index is 0.00844. The number of aryl methyl sites for hydroxylation is 1. The van der Waals surface area contributed by atoms with Crippen molar-refractivity contribution < 1.29 is 13.5 Å². The Kier molecular flexibility index (Phi) is 3.83. The molecular weight excluding hydrogens is 280 g/mol. The van der Waals surface area contributed by atoms with Crippen LogP contribution in [0.1, 0.15) is 27.2 Å². The average molecular weight is 302 g/mol. The molecule has 114 valence electrons. The third-order valence-corrected chi connectivity index (χ3v) is 5.61. The monoisotopic (exact) mass is 302 g/mol. The molecule has 1 aliphatic rings. The molecule has 0 bridgehead atoms. The van der Waals surface area contributed by atoms with E-state index in [-0.39, 0.29) is 29.7 Å². The summed E-state index contributed by atoms with van der Waals surface area (Å²) in [5, 5.41) is 14.2. The van der Waals surface area contributed by atoms with Crippen molar-refractivity contribution in [3.05, 3.63) is 6.20 Å². The van der Waals surface area contributed by atoms with Crippen molar-refractivity contribution in [2.75, 3.05) is 18.8 Å². The van der Waals surface area contributed by atoms with Crippen LogP contribution >= 0.6 is 0 Å². The lowest BCUT2D eigenvalue weighted by Crippen LogP contribution is -2.65. The number of rotatable bonds is 5. The van der Waals surface area contributed by atoms with Gasteiger partial charge in [-0.2, -0.15) is 9.40 Å². The van der Waals surface area contributed by atoms with Gasteiger partial charge in [0.15, 0.2) is 5.82 Å². The van der Waals surface area contributed by atoms with Crippen molar-refractivity contribution in [1.29, 1.82) is 0 Å². The summed E-state index contributed by atoms with van der Waals surface area (Å²) < 4.78 is 27.7. The van der Waals surface area contributed by atoms with E-state index in [2.05, 4.69) is 5.10 Å². The number of anilines is 1. The van der Waals surface area contributed by atoms with Crippen LogP contribution in [0.4, 0.5) is 5.82 Å². The van der Waals surface area contributed by atoms with Crippen LogP contribution in [0.15, 0.2) is 11.1 Å². The molecule has 0 unspecified atom stereocenters. The average Bonchev–Trinajstić information content (AvgIpc) is 2.67. The Labute approximate surface area is 119 Å². The number of hydrogen-bond acceptors (Lipinski definition) is 5. The van der Waals surface area contributed by atoms with Crippen LogP contribution in [0.25, 0.3) is 0 Å². The van der Waals surface area contributed by atoms with E-state index in [1.54, 1.807) is 0 Å². The van der Waals surface area contributed by atoms with Crippen molar-refractivity contribution in [2.24, 2.45) is 5.92 Å². The number of β-amino-alcohol motifs (C(OH)–C–C–N with tert-alkyl or cyclic N) is 1. The summed E-state index contributed by atoms with van der Waals surface area (Å²) in [5.74, 6) is 0.0209. The van der Waals surface area contributed by atoms with E-state index in [4.69, 9.17) is 5.73 Å². The highest BCUT2D eigenvalue weighted by atomic mass is 32.2. The summed E-state index contributed by atoms with van der Waals surface area (Å²) in [5.41, 5.74) is 4.76. The smallest absolute Gasteiger partial charge is 0.248 e. The topological polar surface area (TPSA) is 101 Å². The molecule has 0 atom stereocenters. The van der Waals surface area contributed by atoms with Gasteiger partial charge in [-0.05, 0) is 12.3 Å². The molecule has 1 aromatic heterocycles. The van der Waals surface area contributed by atoms with E-state index in [1.165, 1.54) is 15.2 Å². The second-order valence-electron chi connectivity index (χ2n) is 5.67. The fourth-order valence-corrected chi connectivity index (χ4v) is 3.82. The Hall–Kier alpha value is -1.12. The molecule has 0 amide bonds. The van der Waals surface area contributed by atoms with Crippen LogP contribution in [-0.4, -0.2) is 46.3 Å². The summed E-state index contributed by atoms with van der Waals surface area (Å²) in [6.07, 6.45) is 2.30. The third-order valence-electron chi connectivity index (χ3n) is 3.80. The van der Waals surface area contributed by atoms with E-state index < -0.39 is 15.6 Å². The van der Waals surface area contributed by atoms with E-state index >= 15 is 0 Å². The Balaban J connectivity index is 2.21. The van der Waals surface area contributed by atoms with Crippen LogP contribution in [0.2, 0.25) is 0 Å². The maximum atomic E-state index is 12.4. The second kappa shape index (κ2) is 5.01. The molecule has 2 rings (SSSR count). The molecule has 1 aromatic rings. The van der Waals surface area contributed by atoms with E-state index in [0.29, 0.717) is 6.54 Å². The van der Waals surface area contributed by atoms with Gasteiger partial charge in [0, 0.05) is 25.8 Å². The molecule has 1 fully saturated rings. The summed E-state index contributed by atoms with van der Waals surface area (Å²) in [6.45, 7) is 6.55. The fraction of sp³-hybridized carbons (Fsp3) is 0.750. The third kappa shape index (κ3) is 2.43. The molecule has 0 saturated carbocycles. The van der Waals surface area contributed by atoms with Gasteiger partial charge in [-0.1, -0.05) is 20.8 Å². The Morgan fingerprint density at radius 1 is 1.50 bits per heavy atom. The minimum atomic E-state index is -3.67. The number of aromatic nitrogens is 2. The van der Waals surface area contributed by atoms with Gasteiger partial charge in [0.1, 0.15) is 4.90 Å². The SMILES string of the molecule is CCCn1cc(S(=O)(=O)N2CC(O)(C(C)C)C2)c(N)n1.